The number of aliphatic hydroxyl groups is 1. The standard InChI is InChI=1S/C18H20O3/c1-12(19)13-7-9-15(10-8-13)20-16-6-4-5-14-11-18(2,3)21-17(14)16/h4-10,12,19H,11H2,1-3H3/t12-/m0/s1. The van der Waals surface area contributed by atoms with Crippen molar-refractivity contribution in [3.8, 4) is 17.2 Å². The lowest BCUT2D eigenvalue weighted by Crippen LogP contribution is -2.24. The fourth-order valence-electron chi connectivity index (χ4n) is 2.61. The minimum absolute atomic E-state index is 0.183. The van der Waals surface area contributed by atoms with Crippen LogP contribution in [0.1, 0.15) is 38.0 Å². The minimum atomic E-state index is -0.468. The van der Waals surface area contributed by atoms with Crippen molar-refractivity contribution in [1.82, 2.24) is 0 Å². The molecule has 3 heteroatoms. The molecule has 0 unspecified atom stereocenters. The zero-order valence-electron chi connectivity index (χ0n) is 12.6. The summed E-state index contributed by atoms with van der Waals surface area (Å²) < 4.78 is 11.9. The van der Waals surface area contributed by atoms with Crippen LogP contribution in [-0.2, 0) is 6.42 Å². The van der Waals surface area contributed by atoms with Crippen molar-refractivity contribution >= 4 is 0 Å². The Morgan fingerprint density at radius 2 is 1.86 bits per heavy atom. The summed E-state index contributed by atoms with van der Waals surface area (Å²) in [5.41, 5.74) is 1.87. The Hall–Kier alpha value is -2.00. The first-order valence-electron chi connectivity index (χ1n) is 7.21. The van der Waals surface area contributed by atoms with Gasteiger partial charge >= 0.3 is 0 Å². The second-order valence-corrected chi connectivity index (χ2v) is 6.13. The number of fused-ring (bicyclic) bond motifs is 1. The van der Waals surface area contributed by atoms with Crippen molar-refractivity contribution in [3.63, 3.8) is 0 Å². The molecule has 0 bridgehead atoms. The van der Waals surface area contributed by atoms with E-state index in [0.717, 1.165) is 29.2 Å². The number of rotatable bonds is 3. The molecule has 1 aliphatic heterocycles. The lowest BCUT2D eigenvalue weighted by Gasteiger charge is -2.18. The molecule has 1 heterocycles. The van der Waals surface area contributed by atoms with Crippen molar-refractivity contribution in [2.24, 2.45) is 0 Å². The number of benzene rings is 2. The Kier molecular flexibility index (Phi) is 3.38. The largest absolute Gasteiger partial charge is 0.483 e. The van der Waals surface area contributed by atoms with E-state index in [9.17, 15) is 5.11 Å². The highest BCUT2D eigenvalue weighted by Gasteiger charge is 2.32. The molecule has 0 saturated heterocycles. The zero-order chi connectivity index (χ0) is 15.0. The highest BCUT2D eigenvalue weighted by atomic mass is 16.5. The Morgan fingerprint density at radius 3 is 2.52 bits per heavy atom. The summed E-state index contributed by atoms with van der Waals surface area (Å²) in [7, 11) is 0. The van der Waals surface area contributed by atoms with E-state index in [2.05, 4.69) is 19.9 Å². The van der Waals surface area contributed by atoms with Crippen LogP contribution in [0.2, 0.25) is 0 Å². The molecule has 0 aliphatic carbocycles. The normalized spacial score (nSPS) is 17.0. The summed E-state index contributed by atoms with van der Waals surface area (Å²) in [5.74, 6) is 2.31. The first kappa shape index (κ1) is 14.0. The Balaban J connectivity index is 1.85. The van der Waals surface area contributed by atoms with E-state index in [1.54, 1.807) is 6.92 Å². The van der Waals surface area contributed by atoms with Crippen LogP contribution in [0.25, 0.3) is 0 Å². The lowest BCUT2D eigenvalue weighted by atomic mass is 10.0. The molecule has 1 N–H and O–H groups in total. The molecule has 0 fully saturated rings. The van der Waals surface area contributed by atoms with Crippen LogP contribution in [0.5, 0.6) is 17.2 Å². The maximum atomic E-state index is 9.53. The van der Waals surface area contributed by atoms with Gasteiger partial charge in [0.1, 0.15) is 11.4 Å². The molecular formula is C18H20O3. The van der Waals surface area contributed by atoms with E-state index < -0.39 is 6.10 Å². The van der Waals surface area contributed by atoms with E-state index >= 15 is 0 Å². The van der Waals surface area contributed by atoms with Crippen molar-refractivity contribution in [3.05, 3.63) is 53.6 Å². The van der Waals surface area contributed by atoms with Crippen LogP contribution in [0.4, 0.5) is 0 Å². The maximum Gasteiger partial charge on any atom is 0.169 e. The van der Waals surface area contributed by atoms with E-state index in [0.29, 0.717) is 0 Å². The predicted octanol–water partition coefficient (Wildman–Crippen LogP) is 4.25. The smallest absolute Gasteiger partial charge is 0.169 e. The lowest BCUT2D eigenvalue weighted by molar-refractivity contribution is 0.135. The van der Waals surface area contributed by atoms with Gasteiger partial charge in [0.15, 0.2) is 11.5 Å². The molecule has 1 aliphatic rings. The third-order valence-electron chi connectivity index (χ3n) is 3.65. The van der Waals surface area contributed by atoms with Gasteiger partial charge in [0.05, 0.1) is 6.10 Å². The van der Waals surface area contributed by atoms with Crippen molar-refractivity contribution in [2.45, 2.75) is 38.9 Å². The Labute approximate surface area is 125 Å². The molecule has 2 aromatic carbocycles. The molecule has 1 atom stereocenters. The third kappa shape index (κ3) is 2.88. The molecule has 0 amide bonds. The molecule has 21 heavy (non-hydrogen) atoms. The van der Waals surface area contributed by atoms with Gasteiger partial charge in [0.2, 0.25) is 0 Å². The highest BCUT2D eigenvalue weighted by Crippen LogP contribution is 2.43. The molecule has 0 radical (unpaired) electrons. The quantitative estimate of drug-likeness (QED) is 0.916. The fourth-order valence-corrected chi connectivity index (χ4v) is 2.61. The zero-order valence-corrected chi connectivity index (χ0v) is 12.6. The molecular weight excluding hydrogens is 264 g/mol. The van der Waals surface area contributed by atoms with Crippen LogP contribution in [-0.4, -0.2) is 10.7 Å². The first-order valence-corrected chi connectivity index (χ1v) is 7.21. The number of hydrogen-bond donors (Lipinski definition) is 1. The molecule has 110 valence electrons. The van der Waals surface area contributed by atoms with Gasteiger partial charge in [-0.15, -0.1) is 0 Å². The van der Waals surface area contributed by atoms with E-state index in [1.807, 2.05) is 36.4 Å². The SMILES string of the molecule is C[C@H](O)c1ccc(Oc2cccc3c2OC(C)(C)C3)cc1. The fraction of sp³-hybridized carbons (Fsp3) is 0.333. The number of ether oxygens (including phenoxy) is 2. The van der Waals surface area contributed by atoms with Crippen LogP contribution in [0.3, 0.4) is 0 Å². The van der Waals surface area contributed by atoms with Gasteiger partial charge < -0.3 is 14.6 Å². The van der Waals surface area contributed by atoms with E-state index in [1.165, 1.54) is 5.56 Å². The minimum Gasteiger partial charge on any atom is -0.483 e. The summed E-state index contributed by atoms with van der Waals surface area (Å²) in [5, 5.41) is 9.53. The summed E-state index contributed by atoms with van der Waals surface area (Å²) >= 11 is 0. The van der Waals surface area contributed by atoms with E-state index in [4.69, 9.17) is 9.47 Å². The van der Waals surface area contributed by atoms with Crippen molar-refractivity contribution in [2.75, 3.05) is 0 Å². The maximum absolute atomic E-state index is 9.53. The van der Waals surface area contributed by atoms with E-state index in [-0.39, 0.29) is 5.60 Å². The third-order valence-corrected chi connectivity index (χ3v) is 3.65. The molecule has 3 nitrogen and oxygen atoms in total. The van der Waals surface area contributed by atoms with Crippen LogP contribution in [0, 0.1) is 0 Å². The predicted molar refractivity (Wildman–Crippen MR) is 82.0 cm³/mol. The van der Waals surface area contributed by atoms with Gasteiger partial charge in [0, 0.05) is 12.0 Å². The monoisotopic (exact) mass is 284 g/mol. The van der Waals surface area contributed by atoms with Gasteiger partial charge in [-0.05, 0) is 44.5 Å². The molecule has 2 aromatic rings. The van der Waals surface area contributed by atoms with Crippen LogP contribution < -0.4 is 9.47 Å². The molecule has 0 spiro atoms. The number of hydrogen-bond acceptors (Lipinski definition) is 3. The van der Waals surface area contributed by atoms with Crippen LogP contribution >= 0.6 is 0 Å². The summed E-state index contributed by atoms with van der Waals surface area (Å²) in [6.45, 7) is 5.90. The first-order chi connectivity index (χ1) is 9.94. The average Bonchev–Trinajstić information content (AvgIpc) is 2.74. The van der Waals surface area contributed by atoms with Crippen molar-refractivity contribution in [1.29, 1.82) is 0 Å². The summed E-state index contributed by atoms with van der Waals surface area (Å²) in [6.07, 6.45) is 0.421. The molecule has 3 rings (SSSR count). The molecule has 0 aromatic heterocycles. The summed E-state index contributed by atoms with van der Waals surface area (Å²) in [4.78, 5) is 0. The molecule has 0 saturated carbocycles. The Morgan fingerprint density at radius 1 is 1.14 bits per heavy atom. The van der Waals surface area contributed by atoms with Crippen molar-refractivity contribution < 1.29 is 14.6 Å². The van der Waals surface area contributed by atoms with Gasteiger partial charge in [0.25, 0.3) is 0 Å². The van der Waals surface area contributed by atoms with Gasteiger partial charge in [-0.1, -0.05) is 24.3 Å². The summed E-state index contributed by atoms with van der Waals surface area (Å²) in [6, 6.07) is 13.4. The van der Waals surface area contributed by atoms with Crippen LogP contribution in [0.15, 0.2) is 42.5 Å². The van der Waals surface area contributed by atoms with Gasteiger partial charge in [-0.3, -0.25) is 0 Å². The average molecular weight is 284 g/mol. The van der Waals surface area contributed by atoms with Gasteiger partial charge in [-0.2, -0.15) is 0 Å². The number of aliphatic hydroxyl groups excluding tert-OH is 1. The number of para-hydroxylation sites is 1. The highest BCUT2D eigenvalue weighted by molar-refractivity contribution is 5.51. The van der Waals surface area contributed by atoms with Gasteiger partial charge in [-0.25, -0.2) is 0 Å². The second kappa shape index (κ2) is 5.08. The topological polar surface area (TPSA) is 38.7 Å². The Bertz CT molecular complexity index is 642. The second-order valence-electron chi connectivity index (χ2n) is 6.13.